The van der Waals surface area contributed by atoms with Crippen LogP contribution in [0.5, 0.6) is 5.75 Å². The van der Waals surface area contributed by atoms with Crippen LogP contribution in [0.3, 0.4) is 0 Å². The maximum Gasteiger partial charge on any atom is 0.231 e. The lowest BCUT2D eigenvalue weighted by atomic mass is 9.87. The molecule has 2 aliphatic heterocycles. The summed E-state index contributed by atoms with van der Waals surface area (Å²) >= 11 is 0. The van der Waals surface area contributed by atoms with Crippen LogP contribution in [0.1, 0.15) is 30.0 Å². The molecule has 5 rings (SSSR count). The van der Waals surface area contributed by atoms with Crippen LogP contribution in [0.4, 0.5) is 23.1 Å². The van der Waals surface area contributed by atoms with Crippen molar-refractivity contribution in [3.63, 3.8) is 0 Å². The molecule has 10 heteroatoms. The minimum atomic E-state index is 0.110. The van der Waals surface area contributed by atoms with Gasteiger partial charge in [0.25, 0.3) is 0 Å². The molecule has 2 saturated heterocycles. The summed E-state index contributed by atoms with van der Waals surface area (Å²) in [5, 5.41) is 17.0. The van der Waals surface area contributed by atoms with Crippen LogP contribution in [0.15, 0.2) is 42.5 Å². The van der Waals surface area contributed by atoms with Gasteiger partial charge >= 0.3 is 0 Å². The highest BCUT2D eigenvalue weighted by Gasteiger charge is 2.33. The number of pyridine rings is 1. The van der Waals surface area contributed by atoms with Gasteiger partial charge in [-0.1, -0.05) is 18.2 Å². The van der Waals surface area contributed by atoms with Gasteiger partial charge in [0, 0.05) is 44.5 Å². The van der Waals surface area contributed by atoms with E-state index in [0.717, 1.165) is 42.9 Å². The number of nitrogens with zero attached hydrogens (tertiary/aromatic N) is 4. The summed E-state index contributed by atoms with van der Waals surface area (Å²) in [6.07, 6.45) is 1.63. The second kappa shape index (κ2) is 11.3. The van der Waals surface area contributed by atoms with Crippen LogP contribution >= 0.6 is 0 Å². The maximum atomic E-state index is 12.7. The average molecular weight is 501 g/mol. The molecular formula is C27H32N8O2. The van der Waals surface area contributed by atoms with E-state index in [1.54, 1.807) is 0 Å². The number of rotatable bonds is 9. The highest BCUT2D eigenvalue weighted by atomic mass is 16.5. The Morgan fingerprint density at radius 3 is 2.62 bits per heavy atom. The van der Waals surface area contributed by atoms with Crippen LogP contribution in [-0.4, -0.2) is 65.3 Å². The molecule has 1 aromatic carbocycles. The number of H-pyrrole nitrogens is 1. The molecule has 10 nitrogen and oxygen atoms in total. The largest absolute Gasteiger partial charge is 0.492 e. The molecule has 4 heterocycles. The van der Waals surface area contributed by atoms with E-state index in [0.29, 0.717) is 49.4 Å². The normalized spacial score (nSPS) is 16.1. The molecule has 0 radical (unpaired) electrons. The number of likely N-dealkylation sites (tertiary alicyclic amines) is 1. The van der Waals surface area contributed by atoms with Crippen molar-refractivity contribution in [1.82, 2.24) is 25.4 Å². The van der Waals surface area contributed by atoms with Crippen molar-refractivity contribution in [1.29, 1.82) is 0 Å². The fourth-order valence-corrected chi connectivity index (χ4v) is 4.77. The van der Waals surface area contributed by atoms with E-state index in [9.17, 15) is 4.79 Å². The molecule has 0 saturated carbocycles. The van der Waals surface area contributed by atoms with Gasteiger partial charge in [0.1, 0.15) is 24.0 Å². The monoisotopic (exact) mass is 500 g/mol. The quantitative estimate of drug-likeness (QED) is 0.261. The van der Waals surface area contributed by atoms with Crippen molar-refractivity contribution >= 4 is 29.0 Å². The molecule has 37 heavy (non-hydrogen) atoms. The van der Waals surface area contributed by atoms with E-state index in [-0.39, 0.29) is 17.7 Å². The van der Waals surface area contributed by atoms with E-state index < -0.39 is 0 Å². The third-order valence-corrected chi connectivity index (χ3v) is 6.88. The topological polar surface area (TPSA) is 112 Å². The molecule has 4 N–H and O–H groups in total. The number of hydrogen-bond acceptors (Lipinski definition) is 7. The first-order chi connectivity index (χ1) is 18.1. The first-order valence-corrected chi connectivity index (χ1v) is 12.7. The minimum absolute atomic E-state index is 0.110. The highest BCUT2D eigenvalue weighted by Crippen LogP contribution is 2.40. The third-order valence-electron chi connectivity index (χ3n) is 6.88. The Balaban J connectivity index is 1.33. The van der Waals surface area contributed by atoms with Crippen LogP contribution < -0.4 is 20.7 Å². The number of ether oxygens (including phenoxy) is 1. The van der Waals surface area contributed by atoms with Gasteiger partial charge in [0.15, 0.2) is 5.82 Å². The minimum Gasteiger partial charge on any atom is -0.492 e. The van der Waals surface area contributed by atoms with Gasteiger partial charge < -0.3 is 25.6 Å². The molecular weight excluding hydrogens is 468 g/mol. The van der Waals surface area contributed by atoms with Crippen molar-refractivity contribution in [2.75, 3.05) is 50.0 Å². The fraction of sp³-hybridized carbons (Fsp3) is 0.407. The Kier molecular flexibility index (Phi) is 7.51. The number of aromatic amines is 1. The molecule has 0 aliphatic carbocycles. The van der Waals surface area contributed by atoms with Gasteiger partial charge in [-0.25, -0.2) is 9.83 Å². The molecule has 2 aliphatic rings. The van der Waals surface area contributed by atoms with E-state index in [2.05, 4.69) is 31.0 Å². The summed E-state index contributed by atoms with van der Waals surface area (Å²) in [5.74, 6) is 3.13. The van der Waals surface area contributed by atoms with E-state index in [4.69, 9.17) is 16.3 Å². The van der Waals surface area contributed by atoms with Crippen molar-refractivity contribution in [3.05, 3.63) is 65.1 Å². The number of carbonyl (C=O) groups excluding carboxylic acids is 1. The van der Waals surface area contributed by atoms with Crippen molar-refractivity contribution < 1.29 is 9.53 Å². The Bertz CT molecular complexity index is 1260. The standard InChI is InChI=1S/C27H32N8O2/c1-18-14-24(34-33-18)31-23-15-22(19-8-11-35(12-9-19)27(36)20-16-29-17-20)25(28-2)26(32-23)30-10-13-37-21-6-4-3-5-7-21/h3-7,14-15,19-20,29H,8-13,16-17H2,1H3,(H3,30,31,32,33,34). The lowest BCUT2D eigenvalue weighted by Crippen LogP contribution is -2.53. The molecule has 0 bridgehead atoms. The number of nitrogens with one attached hydrogen (secondary N) is 4. The number of anilines is 3. The van der Waals surface area contributed by atoms with E-state index in [1.165, 1.54) is 0 Å². The Hall–Kier alpha value is -4.10. The van der Waals surface area contributed by atoms with Crippen LogP contribution in [0.25, 0.3) is 4.85 Å². The average Bonchev–Trinajstić information content (AvgIpc) is 3.30. The predicted molar refractivity (Wildman–Crippen MR) is 142 cm³/mol. The first-order valence-electron chi connectivity index (χ1n) is 12.7. The Labute approximate surface area is 216 Å². The third kappa shape index (κ3) is 5.84. The number of carbonyl (C=O) groups is 1. The lowest BCUT2D eigenvalue weighted by molar-refractivity contribution is -0.138. The number of para-hydroxylation sites is 1. The summed E-state index contributed by atoms with van der Waals surface area (Å²) in [7, 11) is 0. The molecule has 0 atom stereocenters. The molecule has 0 spiro atoms. The molecule has 192 valence electrons. The number of benzene rings is 1. The van der Waals surface area contributed by atoms with Gasteiger partial charge in [-0.2, -0.15) is 5.10 Å². The summed E-state index contributed by atoms with van der Waals surface area (Å²) in [6.45, 7) is 13.8. The summed E-state index contributed by atoms with van der Waals surface area (Å²) in [4.78, 5) is 23.3. The smallest absolute Gasteiger partial charge is 0.231 e. The van der Waals surface area contributed by atoms with Gasteiger partial charge in [-0.3, -0.25) is 9.89 Å². The number of amides is 1. The molecule has 2 fully saturated rings. The molecule has 2 aromatic heterocycles. The van der Waals surface area contributed by atoms with Crippen LogP contribution in [0.2, 0.25) is 0 Å². The van der Waals surface area contributed by atoms with Gasteiger partial charge in [-0.05, 0) is 49.4 Å². The zero-order valence-corrected chi connectivity index (χ0v) is 21.0. The molecule has 1 amide bonds. The van der Waals surface area contributed by atoms with E-state index >= 15 is 0 Å². The Morgan fingerprint density at radius 1 is 1.19 bits per heavy atom. The molecule has 0 unspecified atom stereocenters. The van der Waals surface area contributed by atoms with Crippen LogP contribution in [0, 0.1) is 19.4 Å². The number of aryl methyl sites for hydroxylation is 1. The highest BCUT2D eigenvalue weighted by molar-refractivity contribution is 5.80. The second-order valence-electron chi connectivity index (χ2n) is 9.51. The van der Waals surface area contributed by atoms with Crippen LogP contribution in [-0.2, 0) is 4.79 Å². The summed E-state index contributed by atoms with van der Waals surface area (Å²) in [5.41, 5.74) is 2.41. The zero-order chi connectivity index (χ0) is 25.6. The fourth-order valence-electron chi connectivity index (χ4n) is 4.77. The van der Waals surface area contributed by atoms with E-state index in [1.807, 2.05) is 54.3 Å². The van der Waals surface area contributed by atoms with Crippen molar-refractivity contribution in [2.45, 2.75) is 25.7 Å². The summed E-state index contributed by atoms with van der Waals surface area (Å²) in [6, 6.07) is 13.5. The number of hydrogen-bond donors (Lipinski definition) is 4. The van der Waals surface area contributed by atoms with Gasteiger partial charge in [0.05, 0.1) is 12.5 Å². The first kappa shape index (κ1) is 24.6. The van der Waals surface area contributed by atoms with Crippen molar-refractivity contribution in [2.24, 2.45) is 5.92 Å². The maximum absolute atomic E-state index is 12.7. The second-order valence-corrected chi connectivity index (χ2v) is 9.51. The van der Waals surface area contributed by atoms with Gasteiger partial charge in [0.2, 0.25) is 11.6 Å². The summed E-state index contributed by atoms with van der Waals surface area (Å²) < 4.78 is 5.80. The van der Waals surface area contributed by atoms with Gasteiger partial charge in [-0.15, -0.1) is 0 Å². The van der Waals surface area contributed by atoms with Crippen molar-refractivity contribution in [3.8, 4) is 5.75 Å². The molecule has 3 aromatic rings. The zero-order valence-electron chi connectivity index (χ0n) is 21.0. The lowest BCUT2D eigenvalue weighted by Gasteiger charge is -2.37. The SMILES string of the molecule is [C-]#[N+]c1c(C2CCN(C(=O)C3CNC3)CC2)cc(Nc2cc(C)[nH]n2)nc1NCCOc1ccccc1. The Morgan fingerprint density at radius 2 is 1.97 bits per heavy atom. The predicted octanol–water partition coefficient (Wildman–Crippen LogP) is 3.82. The number of piperidine rings is 1. The number of aromatic nitrogens is 3.